The molecule has 3 amide bonds. The third-order valence-corrected chi connectivity index (χ3v) is 2.63. The van der Waals surface area contributed by atoms with Crippen LogP contribution in [-0.2, 0) is 4.79 Å². The molecule has 1 heterocycles. The van der Waals surface area contributed by atoms with Crippen LogP contribution in [0.5, 0.6) is 0 Å². The topological polar surface area (TPSA) is 53.9 Å². The van der Waals surface area contributed by atoms with E-state index in [1.807, 2.05) is 0 Å². The number of amides is 3. The molecule has 1 fully saturated rings. The van der Waals surface area contributed by atoms with Crippen molar-refractivity contribution in [3.63, 3.8) is 0 Å². The largest absolute Gasteiger partial charge is 0.334 e. The molecule has 0 spiro atoms. The molecule has 0 radical (unpaired) electrons. The van der Waals surface area contributed by atoms with E-state index in [4.69, 9.17) is 0 Å². The SMILES string of the molecule is CC[NH+](CC)CCN1C(=O)CNC1=O. The van der Waals surface area contributed by atoms with Crippen molar-refractivity contribution in [2.45, 2.75) is 13.8 Å². The Balaban J connectivity index is 2.36. The summed E-state index contributed by atoms with van der Waals surface area (Å²) >= 11 is 0. The Kier molecular flexibility index (Phi) is 3.88. The molecule has 0 aromatic heterocycles. The van der Waals surface area contributed by atoms with E-state index >= 15 is 0 Å². The fourth-order valence-electron chi connectivity index (χ4n) is 1.56. The molecule has 5 heteroatoms. The highest BCUT2D eigenvalue weighted by Gasteiger charge is 2.28. The maximum atomic E-state index is 11.2. The number of urea groups is 1. The lowest BCUT2D eigenvalue weighted by Crippen LogP contribution is -3.12. The first-order valence-electron chi connectivity index (χ1n) is 5.10. The first-order valence-corrected chi connectivity index (χ1v) is 5.10. The zero-order valence-electron chi connectivity index (χ0n) is 8.80. The molecule has 0 aromatic carbocycles. The molecule has 1 rings (SSSR count). The van der Waals surface area contributed by atoms with Gasteiger partial charge in [0.25, 0.3) is 0 Å². The van der Waals surface area contributed by atoms with Gasteiger partial charge in [-0.3, -0.25) is 9.69 Å². The Morgan fingerprint density at radius 1 is 1.36 bits per heavy atom. The van der Waals surface area contributed by atoms with Crippen LogP contribution in [0.25, 0.3) is 0 Å². The van der Waals surface area contributed by atoms with Crippen LogP contribution in [0, 0.1) is 0 Å². The number of hydrogen-bond acceptors (Lipinski definition) is 2. The van der Waals surface area contributed by atoms with E-state index in [-0.39, 0.29) is 18.5 Å². The molecule has 0 bridgehead atoms. The average Bonchev–Trinajstić information content (AvgIpc) is 2.50. The van der Waals surface area contributed by atoms with Crippen LogP contribution in [-0.4, -0.2) is 49.6 Å². The summed E-state index contributed by atoms with van der Waals surface area (Å²) in [7, 11) is 0. The lowest BCUT2D eigenvalue weighted by atomic mass is 10.4. The van der Waals surface area contributed by atoms with Crippen molar-refractivity contribution in [1.82, 2.24) is 10.2 Å². The van der Waals surface area contributed by atoms with Gasteiger partial charge < -0.3 is 10.2 Å². The number of nitrogens with one attached hydrogen (secondary N) is 2. The van der Waals surface area contributed by atoms with E-state index in [0.29, 0.717) is 6.54 Å². The summed E-state index contributed by atoms with van der Waals surface area (Å²) in [6.45, 7) is 7.79. The number of rotatable bonds is 5. The number of imide groups is 1. The van der Waals surface area contributed by atoms with Crippen molar-refractivity contribution in [2.75, 3.05) is 32.7 Å². The minimum Gasteiger partial charge on any atom is -0.334 e. The van der Waals surface area contributed by atoms with Gasteiger partial charge in [-0.25, -0.2) is 4.79 Å². The fourth-order valence-corrected chi connectivity index (χ4v) is 1.56. The summed E-state index contributed by atoms with van der Waals surface area (Å²) in [4.78, 5) is 25.1. The normalized spacial score (nSPS) is 16.6. The van der Waals surface area contributed by atoms with E-state index in [9.17, 15) is 9.59 Å². The summed E-state index contributed by atoms with van der Waals surface area (Å²) in [5, 5.41) is 2.51. The second kappa shape index (κ2) is 4.95. The zero-order valence-corrected chi connectivity index (χ0v) is 8.80. The molecule has 0 saturated carbocycles. The predicted molar refractivity (Wildman–Crippen MR) is 52.0 cm³/mol. The fraction of sp³-hybridized carbons (Fsp3) is 0.778. The van der Waals surface area contributed by atoms with Crippen molar-refractivity contribution >= 4 is 11.9 Å². The van der Waals surface area contributed by atoms with Gasteiger partial charge in [-0.1, -0.05) is 0 Å². The summed E-state index contributed by atoms with van der Waals surface area (Å²) in [5.41, 5.74) is 0. The minimum absolute atomic E-state index is 0.110. The van der Waals surface area contributed by atoms with Gasteiger partial charge in [-0.15, -0.1) is 0 Å². The van der Waals surface area contributed by atoms with Crippen LogP contribution >= 0.6 is 0 Å². The first kappa shape index (κ1) is 11.0. The summed E-state index contributed by atoms with van der Waals surface area (Å²) in [5.74, 6) is -0.110. The van der Waals surface area contributed by atoms with E-state index in [1.54, 1.807) is 0 Å². The minimum atomic E-state index is -0.249. The van der Waals surface area contributed by atoms with Gasteiger partial charge >= 0.3 is 6.03 Å². The van der Waals surface area contributed by atoms with Crippen LogP contribution in [0.4, 0.5) is 4.79 Å². The molecule has 0 aromatic rings. The molecular formula is C9H18N3O2+. The Morgan fingerprint density at radius 3 is 2.43 bits per heavy atom. The van der Waals surface area contributed by atoms with Gasteiger partial charge in [-0.2, -0.15) is 0 Å². The van der Waals surface area contributed by atoms with Crippen LogP contribution in [0.2, 0.25) is 0 Å². The monoisotopic (exact) mass is 200 g/mol. The highest BCUT2D eigenvalue weighted by Crippen LogP contribution is 1.96. The van der Waals surface area contributed by atoms with Gasteiger partial charge in [0.15, 0.2) is 0 Å². The molecule has 80 valence electrons. The van der Waals surface area contributed by atoms with E-state index in [1.165, 1.54) is 9.80 Å². The molecule has 2 N–H and O–H groups in total. The third-order valence-electron chi connectivity index (χ3n) is 2.63. The second-order valence-electron chi connectivity index (χ2n) is 3.41. The third kappa shape index (κ3) is 2.45. The van der Waals surface area contributed by atoms with Gasteiger partial charge in [0.05, 0.1) is 32.7 Å². The van der Waals surface area contributed by atoms with Crippen molar-refractivity contribution in [3.05, 3.63) is 0 Å². The van der Waals surface area contributed by atoms with Crippen molar-refractivity contribution in [1.29, 1.82) is 0 Å². The number of nitrogens with zero attached hydrogens (tertiary/aromatic N) is 1. The predicted octanol–water partition coefficient (Wildman–Crippen LogP) is -1.54. The maximum absolute atomic E-state index is 11.2. The second-order valence-corrected chi connectivity index (χ2v) is 3.41. The zero-order chi connectivity index (χ0) is 10.6. The Bertz CT molecular complexity index is 210. The van der Waals surface area contributed by atoms with Gasteiger partial charge in [0.2, 0.25) is 5.91 Å². The van der Waals surface area contributed by atoms with Crippen LogP contribution in [0.1, 0.15) is 13.8 Å². The highest BCUT2D eigenvalue weighted by atomic mass is 16.2. The number of quaternary nitrogens is 1. The van der Waals surface area contributed by atoms with E-state index < -0.39 is 0 Å². The molecule has 1 aliphatic rings. The average molecular weight is 200 g/mol. The summed E-state index contributed by atoms with van der Waals surface area (Å²) in [6.07, 6.45) is 0. The van der Waals surface area contributed by atoms with E-state index in [2.05, 4.69) is 19.2 Å². The highest BCUT2D eigenvalue weighted by molar-refractivity contribution is 6.01. The van der Waals surface area contributed by atoms with Crippen LogP contribution in [0.15, 0.2) is 0 Å². The Morgan fingerprint density at radius 2 is 2.00 bits per heavy atom. The smallest absolute Gasteiger partial charge is 0.324 e. The van der Waals surface area contributed by atoms with Crippen LogP contribution in [0.3, 0.4) is 0 Å². The maximum Gasteiger partial charge on any atom is 0.324 e. The van der Waals surface area contributed by atoms with Gasteiger partial charge in [0.1, 0.15) is 0 Å². The molecule has 1 aliphatic heterocycles. The van der Waals surface area contributed by atoms with Crippen molar-refractivity contribution < 1.29 is 14.5 Å². The molecule has 0 unspecified atom stereocenters. The number of hydrogen-bond donors (Lipinski definition) is 2. The quantitative estimate of drug-likeness (QED) is 0.529. The van der Waals surface area contributed by atoms with Gasteiger partial charge in [-0.05, 0) is 13.8 Å². The summed E-state index contributed by atoms with van der Waals surface area (Å²) in [6, 6.07) is -0.249. The Labute approximate surface area is 84.0 Å². The van der Waals surface area contributed by atoms with Gasteiger partial charge in [0, 0.05) is 0 Å². The first-order chi connectivity index (χ1) is 6.69. The van der Waals surface area contributed by atoms with E-state index in [0.717, 1.165) is 19.6 Å². The Hall–Kier alpha value is -1.10. The molecule has 0 atom stereocenters. The number of carbonyl (C=O) groups excluding carboxylic acids is 2. The molecule has 14 heavy (non-hydrogen) atoms. The number of likely N-dealkylation sites (N-methyl/N-ethyl adjacent to an activating group) is 1. The molecular weight excluding hydrogens is 182 g/mol. The number of carbonyl (C=O) groups is 2. The lowest BCUT2D eigenvalue weighted by molar-refractivity contribution is -0.895. The van der Waals surface area contributed by atoms with Crippen molar-refractivity contribution in [2.24, 2.45) is 0 Å². The molecule has 1 saturated heterocycles. The van der Waals surface area contributed by atoms with Crippen molar-refractivity contribution in [3.8, 4) is 0 Å². The molecule has 5 nitrogen and oxygen atoms in total. The standard InChI is InChI=1S/C9H17N3O2/c1-3-11(4-2)5-6-12-8(13)7-10-9(12)14/h3-7H2,1-2H3,(H,10,14)/p+1. The molecule has 0 aliphatic carbocycles. The lowest BCUT2D eigenvalue weighted by Gasteiger charge is -2.18. The summed E-state index contributed by atoms with van der Waals surface area (Å²) < 4.78 is 0. The van der Waals surface area contributed by atoms with Crippen LogP contribution < -0.4 is 10.2 Å².